The van der Waals surface area contributed by atoms with Gasteiger partial charge in [0.1, 0.15) is 11.3 Å². The van der Waals surface area contributed by atoms with E-state index in [1.165, 1.54) is 0 Å². The number of hydrogen-bond acceptors (Lipinski definition) is 11. The maximum absolute atomic E-state index is 14.1. The molecule has 2 aliphatic rings. The lowest BCUT2D eigenvalue weighted by Gasteiger charge is -2.32. The van der Waals surface area contributed by atoms with E-state index >= 15 is 0 Å². The van der Waals surface area contributed by atoms with E-state index in [0.29, 0.717) is 44.2 Å². The summed E-state index contributed by atoms with van der Waals surface area (Å²) in [5.41, 5.74) is 0.405. The largest absolute Gasteiger partial charge is 0.453 e. The zero-order valence-electron chi connectivity index (χ0n) is 22.4. The Morgan fingerprint density at radius 2 is 1.80 bits per heavy atom. The number of alkyl halides is 3. The lowest BCUT2D eigenvalue weighted by Crippen LogP contribution is -2.43. The minimum atomic E-state index is -4.74. The highest BCUT2D eigenvalue weighted by atomic mass is 32.1. The minimum absolute atomic E-state index is 0.120. The highest BCUT2D eigenvalue weighted by molar-refractivity contribution is 7.51. The molecule has 17 heteroatoms. The summed E-state index contributed by atoms with van der Waals surface area (Å²) in [4.78, 5) is 26.7. The van der Waals surface area contributed by atoms with Gasteiger partial charge < -0.3 is 19.3 Å². The van der Waals surface area contributed by atoms with Crippen molar-refractivity contribution in [2.45, 2.75) is 12.7 Å². The first-order chi connectivity index (χ1) is 19.6. The normalized spacial score (nSPS) is 16.7. The third-order valence-corrected chi connectivity index (χ3v) is 6.68. The van der Waals surface area contributed by atoms with Crippen molar-refractivity contribution >= 4 is 34.8 Å². The number of pyridine rings is 1. The van der Waals surface area contributed by atoms with Crippen molar-refractivity contribution < 1.29 is 35.9 Å². The molecule has 3 aromatic rings. The van der Waals surface area contributed by atoms with Crippen molar-refractivity contribution in [1.29, 1.82) is 0 Å². The van der Waals surface area contributed by atoms with Crippen LogP contribution in [0.1, 0.15) is 11.1 Å². The third kappa shape index (κ3) is 7.55. The van der Waals surface area contributed by atoms with Gasteiger partial charge >= 0.3 is 23.8 Å². The van der Waals surface area contributed by atoms with Gasteiger partial charge in [0.15, 0.2) is 11.6 Å². The summed E-state index contributed by atoms with van der Waals surface area (Å²) in [6, 6.07) is 2.75. The van der Waals surface area contributed by atoms with Gasteiger partial charge in [0.2, 0.25) is 0 Å². The number of halogens is 3. The summed E-state index contributed by atoms with van der Waals surface area (Å²) in [5.74, 6) is 0.121. The minimum Gasteiger partial charge on any atom is -0.453 e. The van der Waals surface area contributed by atoms with Crippen molar-refractivity contribution in [1.82, 2.24) is 29.4 Å². The van der Waals surface area contributed by atoms with Gasteiger partial charge in [-0.25, -0.2) is 19.3 Å². The number of piperazine rings is 1. The van der Waals surface area contributed by atoms with E-state index in [1.54, 1.807) is 4.52 Å². The molecule has 0 spiro atoms. The monoisotopic (exact) mass is 598 g/mol. The standard InChI is InChI=1S/C24H29F3N8O3.O2S/c1-32-3-5-33(6-4-32)14-16-11-19-22(34-7-9-38-10-8-34)30-21(31-35(19)15-16)17-13-28-20(29-23(36)37-2)12-18(17)24(25,26)27;1-3-2/h11-13,15H,3-10,14H2,1-2H3,(H,28,29,36);. The molecule has 222 valence electrons. The Morgan fingerprint density at radius 1 is 1.12 bits per heavy atom. The van der Waals surface area contributed by atoms with Crippen LogP contribution in [0.25, 0.3) is 16.9 Å². The van der Waals surface area contributed by atoms with Crippen LogP contribution in [0.15, 0.2) is 24.5 Å². The fourth-order valence-electron chi connectivity index (χ4n) is 4.60. The average molecular weight is 599 g/mol. The van der Waals surface area contributed by atoms with Crippen LogP contribution >= 0.6 is 0 Å². The predicted octanol–water partition coefficient (Wildman–Crippen LogP) is 1.90. The zero-order chi connectivity index (χ0) is 29.6. The second-order valence-electron chi connectivity index (χ2n) is 9.41. The number of carbonyl (C=O) groups is 1. The molecule has 0 unspecified atom stereocenters. The summed E-state index contributed by atoms with van der Waals surface area (Å²) < 4.78 is 70.5. The Hall–Kier alpha value is -3.67. The lowest BCUT2D eigenvalue weighted by atomic mass is 10.1. The molecule has 2 fully saturated rings. The fraction of sp³-hybridized carbons (Fsp3) is 0.500. The van der Waals surface area contributed by atoms with Gasteiger partial charge in [-0.05, 0) is 24.7 Å². The van der Waals surface area contributed by atoms with Gasteiger partial charge in [0.25, 0.3) is 0 Å². The molecule has 0 atom stereocenters. The van der Waals surface area contributed by atoms with E-state index in [1.807, 2.05) is 17.2 Å². The van der Waals surface area contributed by atoms with E-state index in [-0.39, 0.29) is 17.2 Å². The van der Waals surface area contributed by atoms with Crippen LogP contribution in [0.5, 0.6) is 0 Å². The Kier molecular flexibility index (Phi) is 9.85. The number of amides is 1. The molecular weight excluding hydrogens is 569 g/mol. The Balaban J connectivity index is 0.00000124. The van der Waals surface area contributed by atoms with E-state index < -0.39 is 29.4 Å². The number of fused-ring (bicyclic) bond motifs is 1. The molecule has 13 nitrogen and oxygen atoms in total. The summed E-state index contributed by atoms with van der Waals surface area (Å²) in [6.45, 7) is 6.61. The summed E-state index contributed by atoms with van der Waals surface area (Å²) in [7, 11) is 3.21. The number of hydrogen-bond donors (Lipinski definition) is 1. The molecule has 41 heavy (non-hydrogen) atoms. The Bertz CT molecular complexity index is 1400. The van der Waals surface area contributed by atoms with Gasteiger partial charge in [-0.1, -0.05) is 0 Å². The Labute approximate surface area is 236 Å². The highest BCUT2D eigenvalue weighted by Crippen LogP contribution is 2.38. The van der Waals surface area contributed by atoms with Crippen LogP contribution < -0.4 is 10.2 Å². The van der Waals surface area contributed by atoms with Crippen LogP contribution in [0.2, 0.25) is 0 Å². The number of methoxy groups -OCH3 is 1. The van der Waals surface area contributed by atoms with Crippen LogP contribution in [0.3, 0.4) is 0 Å². The SMILES string of the molecule is COC(=O)Nc1cc(C(F)(F)F)c(-c2nc(N3CCOCC3)c3cc(CN4CCN(C)CC4)cn3n2)cn1.O=S=O. The number of likely N-dealkylation sites (N-methyl/N-ethyl adjacent to an activating group) is 1. The second kappa shape index (κ2) is 13.3. The summed E-state index contributed by atoms with van der Waals surface area (Å²) in [6.07, 6.45) is -2.80. The smallest absolute Gasteiger partial charge is 0.417 e. The van der Waals surface area contributed by atoms with Crippen molar-refractivity contribution in [2.24, 2.45) is 0 Å². The molecule has 2 aliphatic heterocycles. The van der Waals surface area contributed by atoms with E-state index in [9.17, 15) is 18.0 Å². The van der Waals surface area contributed by atoms with Crippen molar-refractivity contribution in [3.63, 3.8) is 0 Å². The first-order valence-corrected chi connectivity index (χ1v) is 13.3. The predicted molar refractivity (Wildman–Crippen MR) is 142 cm³/mol. The Morgan fingerprint density at radius 3 is 2.44 bits per heavy atom. The molecular formula is C24H29F3N8O5S. The number of ether oxygens (including phenoxy) is 2. The molecule has 1 amide bonds. The zero-order valence-corrected chi connectivity index (χ0v) is 23.2. The topological polar surface area (TPSA) is 134 Å². The van der Waals surface area contributed by atoms with Gasteiger partial charge in [-0.3, -0.25) is 10.2 Å². The molecule has 1 N–H and O–H groups in total. The lowest BCUT2D eigenvalue weighted by molar-refractivity contribution is -0.137. The van der Waals surface area contributed by atoms with Gasteiger partial charge in [-0.2, -0.15) is 21.6 Å². The number of aromatic nitrogens is 4. The molecule has 3 aromatic heterocycles. The van der Waals surface area contributed by atoms with Crippen molar-refractivity contribution in [3.05, 3.63) is 35.7 Å². The van der Waals surface area contributed by atoms with E-state index in [0.717, 1.165) is 51.1 Å². The number of carbonyl (C=O) groups excluding carboxylic acids is 1. The molecule has 5 heterocycles. The summed E-state index contributed by atoms with van der Waals surface area (Å²) in [5, 5.41) is 6.65. The summed E-state index contributed by atoms with van der Waals surface area (Å²) >= 11 is -0.750. The van der Waals surface area contributed by atoms with Crippen molar-refractivity contribution in [3.8, 4) is 11.4 Å². The highest BCUT2D eigenvalue weighted by Gasteiger charge is 2.36. The molecule has 0 aromatic carbocycles. The van der Waals surface area contributed by atoms with E-state index in [4.69, 9.17) is 13.2 Å². The molecule has 0 aliphatic carbocycles. The van der Waals surface area contributed by atoms with Gasteiger partial charge in [-0.15, -0.1) is 5.10 Å². The van der Waals surface area contributed by atoms with Crippen LogP contribution in [0, 0.1) is 0 Å². The first-order valence-electron chi connectivity index (χ1n) is 12.6. The second-order valence-corrected chi connectivity index (χ2v) is 9.55. The molecule has 2 saturated heterocycles. The molecule has 0 radical (unpaired) electrons. The van der Waals surface area contributed by atoms with Gasteiger partial charge in [0, 0.05) is 58.2 Å². The maximum atomic E-state index is 14.1. The van der Waals surface area contributed by atoms with Crippen LogP contribution in [0.4, 0.5) is 29.6 Å². The van der Waals surface area contributed by atoms with Crippen molar-refractivity contribution in [2.75, 3.05) is 76.9 Å². The number of nitrogens with zero attached hydrogens (tertiary/aromatic N) is 7. The average Bonchev–Trinajstić information content (AvgIpc) is 3.36. The number of morpholine rings is 1. The first kappa shape index (κ1) is 30.3. The maximum Gasteiger partial charge on any atom is 0.417 e. The van der Waals surface area contributed by atoms with Gasteiger partial charge in [0.05, 0.1) is 31.5 Å². The van der Waals surface area contributed by atoms with Crippen LogP contribution in [-0.2, 0) is 33.8 Å². The number of anilines is 2. The quantitative estimate of drug-likeness (QED) is 0.462. The fourth-order valence-corrected chi connectivity index (χ4v) is 4.60. The van der Waals surface area contributed by atoms with E-state index in [2.05, 4.69) is 42.0 Å². The number of nitrogens with one attached hydrogen (secondary N) is 1. The molecule has 0 bridgehead atoms. The van der Waals surface area contributed by atoms with Crippen LogP contribution in [-0.4, -0.2) is 111 Å². The molecule has 0 saturated carbocycles. The number of rotatable bonds is 5. The third-order valence-electron chi connectivity index (χ3n) is 6.68. The molecule has 5 rings (SSSR count).